The summed E-state index contributed by atoms with van der Waals surface area (Å²) in [4.78, 5) is 17.5. The highest BCUT2D eigenvalue weighted by Crippen LogP contribution is 2.32. The molecule has 0 saturated heterocycles. The number of nitrogens with zero attached hydrogens (tertiary/aromatic N) is 2. The number of halogens is 1. The number of likely N-dealkylation sites (N-methyl/N-ethyl adjacent to an activating group) is 1. The first-order chi connectivity index (χ1) is 16.0. The zero-order valence-corrected chi connectivity index (χ0v) is 19.8. The highest BCUT2D eigenvalue weighted by atomic mass is 19.1. The van der Waals surface area contributed by atoms with Crippen molar-refractivity contribution in [2.75, 3.05) is 18.5 Å². The van der Waals surface area contributed by atoms with Gasteiger partial charge >= 0.3 is 5.97 Å². The molecule has 3 rings (SSSR count). The van der Waals surface area contributed by atoms with Gasteiger partial charge < -0.3 is 10.0 Å². The minimum absolute atomic E-state index is 0.141. The molecule has 5 heteroatoms. The molecule has 1 heterocycles. The molecule has 2 aromatic carbocycles. The number of anilines is 1. The van der Waals surface area contributed by atoms with Gasteiger partial charge in [-0.2, -0.15) is 0 Å². The van der Waals surface area contributed by atoms with E-state index < -0.39 is 5.97 Å². The standard InChI is InChI=1S/C28H35FN2O2/c1-3-4-5-6-7-8-9-10-11-21-12-17-26-25(18-21)24(22-13-15-23(29)16-14-22)19-27(30-26)31(2)20-28(32)33/h12-19H,3-11,20H2,1-2H3,(H,32,33). The average molecular weight is 451 g/mol. The van der Waals surface area contributed by atoms with E-state index in [1.165, 1.54) is 62.6 Å². The normalized spacial score (nSPS) is 11.1. The van der Waals surface area contributed by atoms with Gasteiger partial charge in [-0.1, -0.05) is 70.1 Å². The molecule has 0 spiro atoms. The Labute approximate surface area is 196 Å². The third kappa shape index (κ3) is 7.28. The van der Waals surface area contributed by atoms with E-state index >= 15 is 0 Å². The summed E-state index contributed by atoms with van der Waals surface area (Å²) in [5.74, 6) is -0.612. The molecule has 0 aliphatic carbocycles. The molecule has 0 unspecified atom stereocenters. The first kappa shape index (κ1) is 24.7. The molecule has 3 aromatic rings. The Morgan fingerprint density at radius 2 is 1.61 bits per heavy atom. The maximum Gasteiger partial charge on any atom is 0.323 e. The Kier molecular flexibility index (Phi) is 9.23. The predicted octanol–water partition coefficient (Wildman–Crippen LogP) is 7.24. The molecular formula is C28H35FN2O2. The van der Waals surface area contributed by atoms with Crippen molar-refractivity contribution in [2.24, 2.45) is 0 Å². The summed E-state index contributed by atoms with van der Waals surface area (Å²) < 4.78 is 13.5. The molecule has 1 N–H and O–H groups in total. The van der Waals surface area contributed by atoms with Crippen LogP contribution in [0.2, 0.25) is 0 Å². The van der Waals surface area contributed by atoms with Crippen LogP contribution >= 0.6 is 0 Å². The lowest BCUT2D eigenvalue weighted by atomic mass is 9.97. The summed E-state index contributed by atoms with van der Waals surface area (Å²) in [5.41, 5.74) is 3.90. The average Bonchev–Trinajstić information content (AvgIpc) is 2.80. The lowest BCUT2D eigenvalue weighted by molar-refractivity contribution is -0.135. The molecule has 4 nitrogen and oxygen atoms in total. The molecule has 0 saturated carbocycles. The molecule has 0 atom stereocenters. The van der Waals surface area contributed by atoms with Gasteiger partial charge in [0.1, 0.15) is 18.2 Å². The zero-order valence-electron chi connectivity index (χ0n) is 19.8. The van der Waals surface area contributed by atoms with E-state index in [0.717, 1.165) is 34.9 Å². The van der Waals surface area contributed by atoms with Gasteiger partial charge in [0.2, 0.25) is 0 Å². The number of aryl methyl sites for hydroxylation is 1. The Hall–Kier alpha value is -2.95. The minimum Gasteiger partial charge on any atom is -0.480 e. The Bertz CT molecular complexity index is 1050. The molecule has 0 aliphatic rings. The highest BCUT2D eigenvalue weighted by Gasteiger charge is 2.13. The number of hydrogen-bond donors (Lipinski definition) is 1. The van der Waals surface area contributed by atoms with Crippen LogP contribution in [0.25, 0.3) is 22.0 Å². The van der Waals surface area contributed by atoms with Gasteiger partial charge in [-0.3, -0.25) is 4.79 Å². The van der Waals surface area contributed by atoms with Crippen LogP contribution in [-0.2, 0) is 11.2 Å². The molecule has 0 fully saturated rings. The quantitative estimate of drug-likeness (QED) is 0.279. The zero-order chi connectivity index (χ0) is 23.6. The van der Waals surface area contributed by atoms with Crippen molar-refractivity contribution in [1.29, 1.82) is 0 Å². The molecule has 33 heavy (non-hydrogen) atoms. The molecule has 176 valence electrons. The number of unbranched alkanes of at least 4 members (excludes halogenated alkanes) is 7. The van der Waals surface area contributed by atoms with Crippen LogP contribution < -0.4 is 4.90 Å². The maximum atomic E-state index is 13.5. The van der Waals surface area contributed by atoms with Gasteiger partial charge in [-0.15, -0.1) is 0 Å². The largest absolute Gasteiger partial charge is 0.480 e. The second-order valence-electron chi connectivity index (χ2n) is 8.86. The molecule has 1 aromatic heterocycles. The molecule has 0 amide bonds. The first-order valence-corrected chi connectivity index (χ1v) is 12.1. The van der Waals surface area contributed by atoms with Crippen molar-refractivity contribution < 1.29 is 14.3 Å². The number of aromatic nitrogens is 1. The SMILES string of the molecule is CCCCCCCCCCc1ccc2nc(N(C)CC(=O)O)cc(-c3ccc(F)cc3)c2c1. The van der Waals surface area contributed by atoms with E-state index in [1.54, 1.807) is 24.1 Å². The number of fused-ring (bicyclic) bond motifs is 1. The van der Waals surface area contributed by atoms with Crippen molar-refractivity contribution in [1.82, 2.24) is 4.98 Å². The van der Waals surface area contributed by atoms with Crippen LogP contribution in [0.15, 0.2) is 48.5 Å². The fraction of sp³-hybridized carbons (Fsp3) is 0.429. The van der Waals surface area contributed by atoms with Crippen molar-refractivity contribution in [2.45, 2.75) is 64.7 Å². The van der Waals surface area contributed by atoms with E-state index in [2.05, 4.69) is 19.1 Å². The van der Waals surface area contributed by atoms with E-state index in [1.807, 2.05) is 12.1 Å². The topological polar surface area (TPSA) is 53.4 Å². The number of pyridine rings is 1. The van der Waals surface area contributed by atoms with Crippen molar-refractivity contribution in [3.63, 3.8) is 0 Å². The molecule has 0 radical (unpaired) electrons. The summed E-state index contributed by atoms with van der Waals surface area (Å²) >= 11 is 0. The first-order valence-electron chi connectivity index (χ1n) is 12.1. The van der Waals surface area contributed by atoms with Crippen LogP contribution in [0.5, 0.6) is 0 Å². The molecule has 0 aliphatic heterocycles. The van der Waals surface area contributed by atoms with Gasteiger partial charge in [-0.25, -0.2) is 9.37 Å². The smallest absolute Gasteiger partial charge is 0.323 e. The lowest BCUT2D eigenvalue weighted by Crippen LogP contribution is -2.26. The number of carboxylic acid groups (broad SMARTS) is 1. The summed E-state index contributed by atoms with van der Waals surface area (Å²) in [6.45, 7) is 2.10. The third-order valence-electron chi connectivity index (χ3n) is 6.10. The van der Waals surface area contributed by atoms with E-state index in [4.69, 9.17) is 4.98 Å². The van der Waals surface area contributed by atoms with Gasteiger partial charge in [0.25, 0.3) is 0 Å². The Morgan fingerprint density at radius 1 is 0.939 bits per heavy atom. The van der Waals surface area contributed by atoms with Crippen molar-refractivity contribution >= 4 is 22.7 Å². The number of carbonyl (C=O) groups is 1. The van der Waals surface area contributed by atoms with Crippen LogP contribution in [0.1, 0.15) is 63.9 Å². The van der Waals surface area contributed by atoms with Gasteiger partial charge in [0.15, 0.2) is 0 Å². The van der Waals surface area contributed by atoms with E-state index in [0.29, 0.717) is 5.82 Å². The van der Waals surface area contributed by atoms with Gasteiger partial charge in [-0.05, 0) is 59.9 Å². The predicted molar refractivity (Wildman–Crippen MR) is 134 cm³/mol. The monoisotopic (exact) mass is 450 g/mol. The van der Waals surface area contributed by atoms with Gasteiger partial charge in [0, 0.05) is 12.4 Å². The van der Waals surface area contributed by atoms with E-state index in [-0.39, 0.29) is 12.4 Å². The fourth-order valence-electron chi connectivity index (χ4n) is 4.23. The summed E-state index contributed by atoms with van der Waals surface area (Å²) in [7, 11) is 1.72. The lowest BCUT2D eigenvalue weighted by Gasteiger charge is -2.18. The van der Waals surface area contributed by atoms with Crippen molar-refractivity contribution in [3.05, 3.63) is 59.9 Å². The highest BCUT2D eigenvalue weighted by molar-refractivity contribution is 5.96. The minimum atomic E-state index is -0.913. The number of rotatable bonds is 13. The summed E-state index contributed by atoms with van der Waals surface area (Å²) in [5, 5.41) is 10.2. The van der Waals surface area contributed by atoms with Crippen LogP contribution in [0.4, 0.5) is 10.2 Å². The number of benzene rings is 2. The summed E-state index contributed by atoms with van der Waals surface area (Å²) in [6.07, 6.45) is 11.4. The molecular weight excluding hydrogens is 415 g/mol. The van der Waals surface area contributed by atoms with Gasteiger partial charge in [0.05, 0.1) is 5.52 Å². The van der Waals surface area contributed by atoms with E-state index in [9.17, 15) is 14.3 Å². The van der Waals surface area contributed by atoms with Crippen LogP contribution in [-0.4, -0.2) is 29.7 Å². The van der Waals surface area contributed by atoms with Crippen molar-refractivity contribution in [3.8, 4) is 11.1 Å². The maximum absolute atomic E-state index is 13.5. The number of carboxylic acids is 1. The Morgan fingerprint density at radius 3 is 2.27 bits per heavy atom. The number of hydrogen-bond acceptors (Lipinski definition) is 3. The Balaban J connectivity index is 1.80. The van der Waals surface area contributed by atoms with Crippen LogP contribution in [0.3, 0.4) is 0 Å². The molecule has 0 bridgehead atoms. The fourth-order valence-corrected chi connectivity index (χ4v) is 4.23. The third-order valence-corrected chi connectivity index (χ3v) is 6.10. The van der Waals surface area contributed by atoms with Crippen LogP contribution in [0, 0.1) is 5.82 Å². The summed E-state index contributed by atoms with van der Waals surface area (Å²) in [6, 6.07) is 14.6. The second-order valence-corrected chi connectivity index (χ2v) is 8.86. The number of aliphatic carboxylic acids is 1. The second kappa shape index (κ2) is 12.3.